The van der Waals surface area contributed by atoms with Crippen LogP contribution in [0.2, 0.25) is 0 Å². The van der Waals surface area contributed by atoms with Crippen LogP contribution in [0.25, 0.3) is 0 Å². The van der Waals surface area contributed by atoms with E-state index in [1.807, 2.05) is 61.5 Å². The Labute approximate surface area is 145 Å². The second-order valence-electron chi connectivity index (χ2n) is 4.87. The quantitative estimate of drug-likeness (QED) is 0.629. The third kappa shape index (κ3) is 5.39. The Bertz CT molecular complexity index is 732. The van der Waals surface area contributed by atoms with Crippen molar-refractivity contribution in [3.05, 3.63) is 71.4 Å². The maximum atomic E-state index is 5.15. The highest BCUT2D eigenvalue weighted by atomic mass is 28.3. The van der Waals surface area contributed by atoms with Gasteiger partial charge in [-0.25, -0.2) is 0 Å². The van der Waals surface area contributed by atoms with Crippen LogP contribution in [0.1, 0.15) is 18.1 Å². The van der Waals surface area contributed by atoms with Crippen molar-refractivity contribution in [3.63, 3.8) is 0 Å². The predicted octanol–water partition coefficient (Wildman–Crippen LogP) is 3.80. The molecule has 0 amide bonds. The Morgan fingerprint density at radius 3 is 1.50 bits per heavy atom. The second kappa shape index (κ2) is 9.30. The molecule has 0 saturated carbocycles. The third-order valence-electron chi connectivity index (χ3n) is 3.20. The van der Waals surface area contributed by atoms with Gasteiger partial charge in [0.05, 0.1) is 14.2 Å². The van der Waals surface area contributed by atoms with Gasteiger partial charge in [-0.1, -0.05) is 23.6 Å². The van der Waals surface area contributed by atoms with Crippen molar-refractivity contribution in [1.82, 2.24) is 0 Å². The summed E-state index contributed by atoms with van der Waals surface area (Å²) in [7, 11) is 2.12. The van der Waals surface area contributed by atoms with E-state index >= 15 is 0 Å². The lowest BCUT2D eigenvalue weighted by Crippen LogP contribution is -2.03. The molecule has 0 aliphatic rings. The van der Waals surface area contributed by atoms with E-state index in [1.165, 1.54) is 0 Å². The van der Waals surface area contributed by atoms with E-state index in [2.05, 4.69) is 28.6 Å². The number of benzene rings is 2. The maximum Gasteiger partial charge on any atom is 0.260 e. The third-order valence-corrected chi connectivity index (χ3v) is 4.65. The van der Waals surface area contributed by atoms with Gasteiger partial charge in [0.2, 0.25) is 0 Å². The van der Waals surface area contributed by atoms with Gasteiger partial charge in [-0.15, -0.1) is 11.1 Å². The summed E-state index contributed by atoms with van der Waals surface area (Å²) in [5, 5.41) is 0. The molecule has 1 radical (unpaired) electrons. The molecular formula is C21H19O2Si. The van der Waals surface area contributed by atoms with Crippen LogP contribution >= 0.6 is 0 Å². The smallest absolute Gasteiger partial charge is 0.260 e. The highest BCUT2D eigenvalue weighted by molar-refractivity contribution is 6.80. The number of ether oxygens (including phenoxy) is 2. The lowest BCUT2D eigenvalue weighted by Gasteiger charge is -1.98. The van der Waals surface area contributed by atoms with Crippen LogP contribution in [0, 0.1) is 22.9 Å². The van der Waals surface area contributed by atoms with Gasteiger partial charge in [0, 0.05) is 11.1 Å². The predicted molar refractivity (Wildman–Crippen MR) is 100 cm³/mol. The van der Waals surface area contributed by atoms with Crippen LogP contribution in [0.3, 0.4) is 0 Å². The topological polar surface area (TPSA) is 18.5 Å². The van der Waals surface area contributed by atoms with Gasteiger partial charge in [-0.05, 0) is 55.5 Å². The van der Waals surface area contributed by atoms with Gasteiger partial charge in [0.15, 0.2) is 0 Å². The summed E-state index contributed by atoms with van der Waals surface area (Å²) in [6, 6.07) is 15.5. The van der Waals surface area contributed by atoms with Crippen LogP contribution in [0.15, 0.2) is 60.3 Å². The summed E-state index contributed by atoms with van der Waals surface area (Å²) in [5.41, 5.74) is 10.6. The molecule has 0 unspecified atom stereocenters. The van der Waals surface area contributed by atoms with Crippen LogP contribution in [-0.4, -0.2) is 23.0 Å². The fourth-order valence-corrected chi connectivity index (χ4v) is 3.03. The van der Waals surface area contributed by atoms with E-state index in [1.54, 1.807) is 14.2 Å². The van der Waals surface area contributed by atoms with Gasteiger partial charge in [-0.2, -0.15) is 0 Å². The second-order valence-corrected chi connectivity index (χ2v) is 6.53. The molecule has 0 N–H and O–H groups in total. The summed E-state index contributed by atoms with van der Waals surface area (Å²) in [4.78, 5) is 0. The zero-order chi connectivity index (χ0) is 17.2. The first-order valence-electron chi connectivity index (χ1n) is 7.57. The van der Waals surface area contributed by atoms with Crippen LogP contribution < -0.4 is 9.47 Å². The van der Waals surface area contributed by atoms with E-state index < -0.39 is 8.80 Å². The molecule has 24 heavy (non-hydrogen) atoms. The molecule has 0 saturated heterocycles. The van der Waals surface area contributed by atoms with Crippen molar-refractivity contribution in [3.8, 4) is 34.4 Å². The van der Waals surface area contributed by atoms with Crippen molar-refractivity contribution < 1.29 is 9.47 Å². The summed E-state index contributed by atoms with van der Waals surface area (Å²) >= 11 is 0. The molecule has 2 nitrogen and oxygen atoms in total. The molecule has 0 heterocycles. The molecule has 2 aromatic carbocycles. The average molecular weight is 331 g/mol. The number of methoxy groups -OCH3 is 2. The van der Waals surface area contributed by atoms with Gasteiger partial charge < -0.3 is 9.47 Å². The number of allylic oxidation sites excluding steroid dienone is 1. The molecule has 119 valence electrons. The molecule has 0 fully saturated rings. The van der Waals surface area contributed by atoms with Crippen LogP contribution in [0.4, 0.5) is 0 Å². The highest BCUT2D eigenvalue weighted by Gasteiger charge is 1.99. The fourth-order valence-electron chi connectivity index (χ4n) is 1.91. The van der Waals surface area contributed by atoms with E-state index in [0.717, 1.165) is 22.6 Å². The first-order valence-corrected chi connectivity index (χ1v) is 9.14. The minimum Gasteiger partial charge on any atom is -0.497 e. The summed E-state index contributed by atoms with van der Waals surface area (Å²) in [6.45, 7) is 1.99. The first kappa shape index (κ1) is 17.5. The molecule has 0 spiro atoms. The van der Waals surface area contributed by atoms with Gasteiger partial charge in [0.25, 0.3) is 8.80 Å². The molecular weight excluding hydrogens is 312 g/mol. The van der Waals surface area contributed by atoms with Crippen molar-refractivity contribution in [2.24, 2.45) is 0 Å². The Morgan fingerprint density at radius 1 is 0.750 bits per heavy atom. The van der Waals surface area contributed by atoms with Crippen molar-refractivity contribution in [1.29, 1.82) is 0 Å². The lowest BCUT2D eigenvalue weighted by molar-refractivity contribution is 0.414. The van der Waals surface area contributed by atoms with Gasteiger partial charge in [-0.3, -0.25) is 0 Å². The van der Waals surface area contributed by atoms with Crippen molar-refractivity contribution in [2.45, 2.75) is 6.92 Å². The Hall–Kier alpha value is -2.88. The maximum absolute atomic E-state index is 5.15. The minimum absolute atomic E-state index is 0.832. The first-order chi connectivity index (χ1) is 11.7. The average Bonchev–Trinajstić information content (AvgIpc) is 2.65. The van der Waals surface area contributed by atoms with Crippen molar-refractivity contribution in [2.75, 3.05) is 14.2 Å². The number of hydrogen-bond acceptors (Lipinski definition) is 2. The Morgan fingerprint density at radius 2 is 1.17 bits per heavy atom. The van der Waals surface area contributed by atoms with Crippen LogP contribution in [0.5, 0.6) is 11.5 Å². The van der Waals surface area contributed by atoms with Gasteiger partial charge in [0.1, 0.15) is 11.5 Å². The normalized spacial score (nSPS) is 9.83. The fraction of sp³-hybridized carbons (Fsp3) is 0.143. The van der Waals surface area contributed by atoms with E-state index in [0.29, 0.717) is 0 Å². The molecule has 0 aromatic heterocycles. The molecule has 0 atom stereocenters. The molecule has 0 aliphatic heterocycles. The lowest BCUT2D eigenvalue weighted by atomic mass is 10.2. The minimum atomic E-state index is -1.19. The SMILES string of the molecule is CC=C[Si](C#Cc1ccc(OC)cc1)C#Cc1ccc(OC)cc1. The van der Waals surface area contributed by atoms with E-state index in [4.69, 9.17) is 9.47 Å². The number of hydrogen-bond donors (Lipinski definition) is 0. The Balaban J connectivity index is 2.15. The summed E-state index contributed by atoms with van der Waals surface area (Å²) < 4.78 is 10.3. The Kier molecular flexibility index (Phi) is 6.77. The monoisotopic (exact) mass is 331 g/mol. The van der Waals surface area contributed by atoms with Crippen LogP contribution in [-0.2, 0) is 0 Å². The van der Waals surface area contributed by atoms with E-state index in [9.17, 15) is 0 Å². The van der Waals surface area contributed by atoms with Crippen molar-refractivity contribution >= 4 is 8.80 Å². The molecule has 2 rings (SSSR count). The van der Waals surface area contributed by atoms with Gasteiger partial charge >= 0.3 is 0 Å². The summed E-state index contributed by atoms with van der Waals surface area (Å²) in [6.07, 6.45) is 2.01. The zero-order valence-electron chi connectivity index (χ0n) is 14.1. The molecule has 0 bridgehead atoms. The number of rotatable bonds is 3. The largest absolute Gasteiger partial charge is 0.497 e. The zero-order valence-corrected chi connectivity index (χ0v) is 15.1. The summed E-state index contributed by atoms with van der Waals surface area (Å²) in [5.74, 6) is 8.07. The highest BCUT2D eigenvalue weighted by Crippen LogP contribution is 2.11. The molecule has 2 aromatic rings. The molecule has 0 aliphatic carbocycles. The molecule has 3 heteroatoms. The standard InChI is InChI=1S/C21H19O2Si/c1-4-15-24(16-13-18-5-9-20(22-2)10-6-18)17-14-19-7-11-21(23-3)12-8-19/h4-12,15H,1-3H3. The van der Waals surface area contributed by atoms with E-state index in [-0.39, 0.29) is 0 Å².